The fourth-order valence-electron chi connectivity index (χ4n) is 3.36. The van der Waals surface area contributed by atoms with Crippen molar-refractivity contribution in [3.8, 4) is 0 Å². The van der Waals surface area contributed by atoms with Crippen LogP contribution in [0.25, 0.3) is 0 Å². The number of rotatable bonds is 7. The molecule has 1 heterocycles. The summed E-state index contributed by atoms with van der Waals surface area (Å²) in [6.07, 6.45) is 2.07. The van der Waals surface area contributed by atoms with Gasteiger partial charge in [-0.25, -0.2) is 12.7 Å². The number of carbonyl (C=O) groups is 1. The van der Waals surface area contributed by atoms with Gasteiger partial charge in [0.1, 0.15) is 0 Å². The summed E-state index contributed by atoms with van der Waals surface area (Å²) in [5, 5.41) is 3.15. The molecular formula is C19H30N2O3S. The van der Waals surface area contributed by atoms with Crippen molar-refractivity contribution in [3.05, 3.63) is 35.9 Å². The van der Waals surface area contributed by atoms with E-state index in [0.29, 0.717) is 19.5 Å². The molecular weight excluding hydrogens is 336 g/mol. The Kier molecular flexibility index (Phi) is 7.02. The zero-order chi connectivity index (χ0) is 18.4. The standard InChI is InChI=1S/C19H30N2O3S/c1-4-13-25(23,24)21-12-8-11-17(14-21)19(22)20-18(15(2)3)16-9-6-5-7-10-16/h5-7,9-10,15,17-18H,4,8,11-14H2,1-3H3,(H,20,22)/t17-,18+/m1/s1. The molecule has 0 bridgehead atoms. The van der Waals surface area contributed by atoms with Gasteiger partial charge in [0, 0.05) is 13.1 Å². The topological polar surface area (TPSA) is 66.5 Å². The van der Waals surface area contributed by atoms with E-state index in [1.807, 2.05) is 37.3 Å². The third-order valence-electron chi connectivity index (χ3n) is 4.73. The lowest BCUT2D eigenvalue weighted by molar-refractivity contribution is -0.127. The molecule has 1 N–H and O–H groups in total. The van der Waals surface area contributed by atoms with E-state index in [2.05, 4.69) is 19.2 Å². The van der Waals surface area contributed by atoms with Gasteiger partial charge in [0.25, 0.3) is 0 Å². The zero-order valence-electron chi connectivity index (χ0n) is 15.4. The Balaban J connectivity index is 2.06. The van der Waals surface area contributed by atoms with Crippen molar-refractivity contribution in [2.45, 2.75) is 46.1 Å². The Hall–Kier alpha value is -1.40. The number of benzene rings is 1. The quantitative estimate of drug-likeness (QED) is 0.807. The first-order chi connectivity index (χ1) is 11.8. The molecule has 1 amide bonds. The van der Waals surface area contributed by atoms with Crippen molar-refractivity contribution < 1.29 is 13.2 Å². The number of nitrogens with zero attached hydrogens (tertiary/aromatic N) is 1. The fourth-order valence-corrected chi connectivity index (χ4v) is 4.95. The zero-order valence-corrected chi connectivity index (χ0v) is 16.3. The molecule has 2 atom stereocenters. The summed E-state index contributed by atoms with van der Waals surface area (Å²) in [6.45, 7) is 6.85. The molecule has 140 valence electrons. The first-order valence-corrected chi connectivity index (χ1v) is 10.8. The summed E-state index contributed by atoms with van der Waals surface area (Å²) >= 11 is 0. The SMILES string of the molecule is CCCS(=O)(=O)N1CCC[C@@H](C(=O)N[C@H](c2ccccc2)C(C)C)C1. The van der Waals surface area contributed by atoms with Crippen LogP contribution in [0.1, 0.15) is 51.6 Å². The predicted octanol–water partition coefficient (Wildman–Crippen LogP) is 2.95. The first kappa shape index (κ1) is 19.9. The molecule has 1 aromatic rings. The maximum atomic E-state index is 12.8. The van der Waals surface area contributed by atoms with Crippen LogP contribution in [-0.2, 0) is 14.8 Å². The van der Waals surface area contributed by atoms with E-state index in [9.17, 15) is 13.2 Å². The second-order valence-corrected chi connectivity index (χ2v) is 9.24. The highest BCUT2D eigenvalue weighted by molar-refractivity contribution is 7.89. The maximum Gasteiger partial charge on any atom is 0.224 e. The van der Waals surface area contributed by atoms with Crippen LogP contribution >= 0.6 is 0 Å². The third kappa shape index (κ3) is 5.28. The average molecular weight is 367 g/mol. The summed E-state index contributed by atoms with van der Waals surface area (Å²) in [6, 6.07) is 9.87. The highest BCUT2D eigenvalue weighted by Crippen LogP contribution is 2.25. The maximum absolute atomic E-state index is 12.8. The Labute approximate surface area is 151 Å². The van der Waals surface area contributed by atoms with E-state index in [1.165, 1.54) is 4.31 Å². The lowest BCUT2D eigenvalue weighted by atomic mass is 9.93. The minimum absolute atomic E-state index is 0.0426. The lowest BCUT2D eigenvalue weighted by Gasteiger charge is -2.33. The number of hydrogen-bond acceptors (Lipinski definition) is 3. The van der Waals surface area contributed by atoms with Gasteiger partial charge in [-0.3, -0.25) is 4.79 Å². The molecule has 2 rings (SSSR count). The van der Waals surface area contributed by atoms with E-state index in [-0.39, 0.29) is 29.5 Å². The largest absolute Gasteiger partial charge is 0.349 e. The normalized spacial score (nSPS) is 20.4. The predicted molar refractivity (Wildman–Crippen MR) is 101 cm³/mol. The number of hydrogen-bond donors (Lipinski definition) is 1. The van der Waals surface area contributed by atoms with Crippen molar-refractivity contribution in [3.63, 3.8) is 0 Å². The van der Waals surface area contributed by atoms with Crippen molar-refractivity contribution in [1.82, 2.24) is 9.62 Å². The summed E-state index contributed by atoms with van der Waals surface area (Å²) in [5.74, 6) is 0.0964. The van der Waals surface area contributed by atoms with E-state index >= 15 is 0 Å². The molecule has 0 aliphatic carbocycles. The van der Waals surface area contributed by atoms with Gasteiger partial charge in [-0.15, -0.1) is 0 Å². The molecule has 1 fully saturated rings. The molecule has 6 heteroatoms. The molecule has 0 saturated carbocycles. The van der Waals surface area contributed by atoms with Gasteiger partial charge in [0.05, 0.1) is 17.7 Å². The van der Waals surface area contributed by atoms with Crippen LogP contribution in [0.15, 0.2) is 30.3 Å². The Bertz CT molecular complexity index is 659. The van der Waals surface area contributed by atoms with Crippen LogP contribution < -0.4 is 5.32 Å². The second-order valence-electron chi connectivity index (χ2n) is 7.15. The van der Waals surface area contributed by atoms with Crippen molar-refractivity contribution in [2.75, 3.05) is 18.8 Å². The molecule has 1 aliphatic rings. The van der Waals surface area contributed by atoms with Gasteiger partial charge in [-0.2, -0.15) is 0 Å². The third-order valence-corrected chi connectivity index (χ3v) is 6.78. The second kappa shape index (κ2) is 8.81. The van der Waals surface area contributed by atoms with Gasteiger partial charge in [-0.1, -0.05) is 51.1 Å². The van der Waals surface area contributed by atoms with Crippen molar-refractivity contribution in [1.29, 1.82) is 0 Å². The van der Waals surface area contributed by atoms with Crippen molar-refractivity contribution >= 4 is 15.9 Å². The molecule has 5 nitrogen and oxygen atoms in total. The van der Waals surface area contributed by atoms with Gasteiger partial charge >= 0.3 is 0 Å². The number of carbonyl (C=O) groups excluding carboxylic acids is 1. The van der Waals surface area contributed by atoms with Crippen LogP contribution in [0.4, 0.5) is 0 Å². The van der Waals surface area contributed by atoms with Gasteiger partial charge in [0.2, 0.25) is 15.9 Å². The Morgan fingerprint density at radius 2 is 1.96 bits per heavy atom. The van der Waals surface area contributed by atoms with E-state index < -0.39 is 10.0 Å². The minimum atomic E-state index is -3.24. The highest BCUT2D eigenvalue weighted by Gasteiger charge is 2.33. The Morgan fingerprint density at radius 1 is 1.28 bits per heavy atom. The van der Waals surface area contributed by atoms with Crippen LogP contribution in [0, 0.1) is 11.8 Å². The van der Waals surface area contributed by atoms with Gasteiger partial charge in [0.15, 0.2) is 0 Å². The molecule has 25 heavy (non-hydrogen) atoms. The van der Waals surface area contributed by atoms with E-state index in [1.54, 1.807) is 0 Å². The lowest BCUT2D eigenvalue weighted by Crippen LogP contribution is -2.47. The number of sulfonamides is 1. The van der Waals surface area contributed by atoms with E-state index in [4.69, 9.17) is 0 Å². The molecule has 1 saturated heterocycles. The fraction of sp³-hybridized carbons (Fsp3) is 0.632. The summed E-state index contributed by atoms with van der Waals surface area (Å²) < 4.78 is 26.1. The Morgan fingerprint density at radius 3 is 2.56 bits per heavy atom. The van der Waals surface area contributed by atoms with Gasteiger partial charge in [-0.05, 0) is 30.7 Å². The number of piperidine rings is 1. The minimum Gasteiger partial charge on any atom is -0.349 e. The summed E-state index contributed by atoms with van der Waals surface area (Å²) in [7, 11) is -3.24. The van der Waals surface area contributed by atoms with Crippen LogP contribution in [0.5, 0.6) is 0 Å². The average Bonchev–Trinajstić information content (AvgIpc) is 2.60. The monoisotopic (exact) mass is 366 g/mol. The molecule has 1 aromatic carbocycles. The highest BCUT2D eigenvalue weighted by atomic mass is 32.2. The van der Waals surface area contributed by atoms with Crippen molar-refractivity contribution in [2.24, 2.45) is 11.8 Å². The van der Waals surface area contributed by atoms with Gasteiger partial charge < -0.3 is 5.32 Å². The molecule has 0 spiro atoms. The molecule has 0 unspecified atom stereocenters. The number of nitrogens with one attached hydrogen (secondary N) is 1. The van der Waals surface area contributed by atoms with Crippen LogP contribution in [0.2, 0.25) is 0 Å². The summed E-state index contributed by atoms with van der Waals surface area (Å²) in [4.78, 5) is 12.8. The molecule has 1 aliphatic heterocycles. The first-order valence-electron chi connectivity index (χ1n) is 9.18. The number of amides is 1. The van der Waals surface area contributed by atoms with Crippen LogP contribution in [0.3, 0.4) is 0 Å². The summed E-state index contributed by atoms with van der Waals surface area (Å²) in [5.41, 5.74) is 1.08. The smallest absolute Gasteiger partial charge is 0.224 e. The molecule has 0 aromatic heterocycles. The molecule has 0 radical (unpaired) electrons. The van der Waals surface area contributed by atoms with E-state index in [0.717, 1.165) is 18.4 Å². The van der Waals surface area contributed by atoms with Crippen LogP contribution in [-0.4, -0.2) is 37.5 Å².